The molecule has 1 aromatic carbocycles. The number of hydrogen-bond acceptors (Lipinski definition) is 2. The predicted octanol–water partition coefficient (Wildman–Crippen LogP) is 3.59. The molecule has 2 nitrogen and oxygen atoms in total. The van der Waals surface area contributed by atoms with Crippen LogP contribution in [0.4, 0.5) is 11.4 Å². The largest absolute Gasteiger partial charge is 0.381 e. The van der Waals surface area contributed by atoms with E-state index in [1.54, 1.807) is 0 Å². The fourth-order valence-corrected chi connectivity index (χ4v) is 2.18. The van der Waals surface area contributed by atoms with Crippen molar-refractivity contribution in [2.45, 2.75) is 26.3 Å². The second-order valence-corrected chi connectivity index (χ2v) is 4.98. The molecular formula is C12H17ClN2. The lowest BCUT2D eigenvalue weighted by Gasteiger charge is -2.29. The molecule has 0 aliphatic carbocycles. The number of nitrogens with one attached hydrogen (secondary N) is 2. The van der Waals surface area contributed by atoms with Gasteiger partial charge in [0.2, 0.25) is 0 Å². The van der Waals surface area contributed by atoms with Crippen molar-refractivity contribution in [2.75, 3.05) is 17.2 Å². The molecule has 1 unspecified atom stereocenters. The Morgan fingerprint density at radius 2 is 2.20 bits per heavy atom. The lowest BCUT2D eigenvalue weighted by molar-refractivity contribution is 0.525. The fraction of sp³-hybridized carbons (Fsp3) is 0.500. The van der Waals surface area contributed by atoms with Crippen LogP contribution in [0.3, 0.4) is 0 Å². The standard InChI is InChI=1S/C12H17ClN2/c1-8(2)5-10-7-14-12-6-9(13)3-4-11(12)15-10/h3-4,6,8,10,14-15H,5,7H2,1-2H3. The Kier molecular flexibility index (Phi) is 3.06. The molecule has 1 aliphatic heterocycles. The van der Waals surface area contributed by atoms with Crippen molar-refractivity contribution in [2.24, 2.45) is 5.92 Å². The monoisotopic (exact) mass is 224 g/mol. The predicted molar refractivity (Wildman–Crippen MR) is 66.8 cm³/mol. The zero-order chi connectivity index (χ0) is 10.8. The van der Waals surface area contributed by atoms with Gasteiger partial charge in [-0.05, 0) is 30.5 Å². The number of anilines is 2. The molecule has 2 rings (SSSR count). The molecule has 0 saturated heterocycles. The average Bonchev–Trinajstić information content (AvgIpc) is 2.17. The first kappa shape index (κ1) is 10.6. The molecule has 2 N–H and O–H groups in total. The first-order chi connectivity index (χ1) is 7.15. The van der Waals surface area contributed by atoms with Gasteiger partial charge in [0.1, 0.15) is 0 Å². The Labute approximate surface area is 96.0 Å². The van der Waals surface area contributed by atoms with Gasteiger partial charge in [-0.25, -0.2) is 0 Å². The maximum absolute atomic E-state index is 5.93. The number of benzene rings is 1. The lowest BCUT2D eigenvalue weighted by atomic mass is 10.0. The molecule has 0 radical (unpaired) electrons. The summed E-state index contributed by atoms with van der Waals surface area (Å²) in [6, 6.07) is 6.46. The molecule has 1 heterocycles. The van der Waals surface area contributed by atoms with Gasteiger partial charge < -0.3 is 10.6 Å². The van der Waals surface area contributed by atoms with Crippen LogP contribution in [0, 0.1) is 5.92 Å². The molecule has 1 aromatic rings. The van der Waals surface area contributed by atoms with Crippen LogP contribution in [0.2, 0.25) is 5.02 Å². The summed E-state index contributed by atoms with van der Waals surface area (Å²) in [5, 5.41) is 7.73. The molecule has 0 amide bonds. The van der Waals surface area contributed by atoms with E-state index >= 15 is 0 Å². The van der Waals surface area contributed by atoms with Gasteiger partial charge in [-0.2, -0.15) is 0 Å². The molecule has 15 heavy (non-hydrogen) atoms. The van der Waals surface area contributed by atoms with E-state index in [-0.39, 0.29) is 0 Å². The molecule has 0 spiro atoms. The van der Waals surface area contributed by atoms with Crippen LogP contribution < -0.4 is 10.6 Å². The van der Waals surface area contributed by atoms with Crippen LogP contribution in [0.1, 0.15) is 20.3 Å². The minimum Gasteiger partial charge on any atom is -0.381 e. The highest BCUT2D eigenvalue weighted by molar-refractivity contribution is 6.31. The van der Waals surface area contributed by atoms with Crippen LogP contribution in [0.15, 0.2) is 18.2 Å². The topological polar surface area (TPSA) is 24.1 Å². The van der Waals surface area contributed by atoms with E-state index in [9.17, 15) is 0 Å². The van der Waals surface area contributed by atoms with E-state index in [2.05, 4.69) is 24.5 Å². The SMILES string of the molecule is CC(C)CC1CNc2cc(Cl)ccc2N1. The van der Waals surface area contributed by atoms with Crippen molar-refractivity contribution in [1.29, 1.82) is 0 Å². The van der Waals surface area contributed by atoms with Gasteiger partial charge in [0, 0.05) is 17.6 Å². The van der Waals surface area contributed by atoms with Crippen LogP contribution >= 0.6 is 11.6 Å². The van der Waals surface area contributed by atoms with E-state index in [0.29, 0.717) is 6.04 Å². The molecule has 0 aromatic heterocycles. The molecule has 3 heteroatoms. The van der Waals surface area contributed by atoms with Gasteiger partial charge in [-0.15, -0.1) is 0 Å². The Morgan fingerprint density at radius 3 is 2.93 bits per heavy atom. The second-order valence-electron chi connectivity index (χ2n) is 4.54. The third-order valence-electron chi connectivity index (χ3n) is 2.64. The van der Waals surface area contributed by atoms with Crippen LogP contribution in [0.5, 0.6) is 0 Å². The highest BCUT2D eigenvalue weighted by atomic mass is 35.5. The summed E-state index contributed by atoms with van der Waals surface area (Å²) >= 11 is 5.93. The Hall–Kier alpha value is -0.890. The van der Waals surface area contributed by atoms with Crippen molar-refractivity contribution in [1.82, 2.24) is 0 Å². The van der Waals surface area contributed by atoms with E-state index in [4.69, 9.17) is 11.6 Å². The Balaban J connectivity index is 2.10. The third kappa shape index (κ3) is 2.57. The van der Waals surface area contributed by atoms with Crippen LogP contribution in [0.25, 0.3) is 0 Å². The van der Waals surface area contributed by atoms with Crippen molar-refractivity contribution in [3.63, 3.8) is 0 Å². The minimum absolute atomic E-state index is 0.527. The first-order valence-electron chi connectivity index (χ1n) is 5.45. The molecule has 0 bridgehead atoms. The van der Waals surface area contributed by atoms with E-state index < -0.39 is 0 Å². The first-order valence-corrected chi connectivity index (χ1v) is 5.83. The molecule has 1 atom stereocenters. The molecule has 0 fully saturated rings. The van der Waals surface area contributed by atoms with Gasteiger partial charge in [0.05, 0.1) is 11.4 Å². The van der Waals surface area contributed by atoms with Crippen LogP contribution in [-0.4, -0.2) is 12.6 Å². The van der Waals surface area contributed by atoms with Crippen molar-refractivity contribution in [3.8, 4) is 0 Å². The average molecular weight is 225 g/mol. The second kappa shape index (κ2) is 4.31. The molecule has 1 aliphatic rings. The van der Waals surface area contributed by atoms with Crippen molar-refractivity contribution in [3.05, 3.63) is 23.2 Å². The maximum atomic E-state index is 5.93. The maximum Gasteiger partial charge on any atom is 0.0591 e. The molecular weight excluding hydrogens is 208 g/mol. The summed E-state index contributed by atoms with van der Waals surface area (Å²) in [5.74, 6) is 0.721. The quantitative estimate of drug-likeness (QED) is 0.802. The molecule has 82 valence electrons. The van der Waals surface area contributed by atoms with E-state index in [0.717, 1.165) is 28.9 Å². The van der Waals surface area contributed by atoms with Gasteiger partial charge >= 0.3 is 0 Å². The normalized spacial score (nSPS) is 19.3. The molecule has 0 saturated carbocycles. The number of rotatable bonds is 2. The number of hydrogen-bond donors (Lipinski definition) is 2. The zero-order valence-electron chi connectivity index (χ0n) is 9.18. The van der Waals surface area contributed by atoms with Gasteiger partial charge in [0.15, 0.2) is 0 Å². The number of fused-ring (bicyclic) bond motifs is 1. The summed E-state index contributed by atoms with van der Waals surface area (Å²) in [6.07, 6.45) is 1.19. The summed E-state index contributed by atoms with van der Waals surface area (Å²) in [7, 11) is 0. The van der Waals surface area contributed by atoms with Gasteiger partial charge in [-0.1, -0.05) is 25.4 Å². The van der Waals surface area contributed by atoms with Crippen molar-refractivity contribution < 1.29 is 0 Å². The smallest absolute Gasteiger partial charge is 0.0591 e. The van der Waals surface area contributed by atoms with E-state index in [1.165, 1.54) is 6.42 Å². The summed E-state index contributed by atoms with van der Waals surface area (Å²) in [4.78, 5) is 0. The summed E-state index contributed by atoms with van der Waals surface area (Å²) < 4.78 is 0. The minimum atomic E-state index is 0.527. The van der Waals surface area contributed by atoms with Crippen molar-refractivity contribution >= 4 is 23.0 Å². The Morgan fingerprint density at radius 1 is 1.40 bits per heavy atom. The highest BCUT2D eigenvalue weighted by Gasteiger charge is 2.17. The summed E-state index contributed by atoms with van der Waals surface area (Å²) in [5.41, 5.74) is 2.28. The highest BCUT2D eigenvalue weighted by Crippen LogP contribution is 2.30. The zero-order valence-corrected chi connectivity index (χ0v) is 9.93. The van der Waals surface area contributed by atoms with Gasteiger partial charge in [0.25, 0.3) is 0 Å². The summed E-state index contributed by atoms with van der Waals surface area (Å²) in [6.45, 7) is 5.48. The number of halogens is 1. The lowest BCUT2D eigenvalue weighted by Crippen LogP contribution is -2.33. The Bertz CT molecular complexity index is 349. The van der Waals surface area contributed by atoms with Crippen LogP contribution in [-0.2, 0) is 0 Å². The third-order valence-corrected chi connectivity index (χ3v) is 2.87. The fourth-order valence-electron chi connectivity index (χ4n) is 2.00. The van der Waals surface area contributed by atoms with E-state index in [1.807, 2.05) is 18.2 Å². The van der Waals surface area contributed by atoms with Gasteiger partial charge in [-0.3, -0.25) is 0 Å².